The van der Waals surface area contributed by atoms with Crippen LogP contribution in [0.4, 0.5) is 0 Å². The Morgan fingerprint density at radius 2 is 2.06 bits per heavy atom. The number of hydrogen-bond donors (Lipinski definition) is 0. The van der Waals surface area contributed by atoms with Crippen LogP contribution in [0, 0.1) is 10.1 Å². The molecule has 1 aromatic rings. The van der Waals surface area contributed by atoms with Gasteiger partial charge in [-0.3, -0.25) is 14.9 Å². The van der Waals surface area contributed by atoms with Gasteiger partial charge in [-0.2, -0.15) is 0 Å². The number of hydrogen-bond acceptors (Lipinski definition) is 5. The van der Waals surface area contributed by atoms with Crippen molar-refractivity contribution in [3.05, 3.63) is 39.9 Å². The van der Waals surface area contributed by atoms with Gasteiger partial charge >= 0.3 is 5.88 Å². The molecular weight excluding hydrogens is 234 g/mol. The molecule has 0 N–H and O–H groups in total. The molecule has 0 unspecified atom stereocenters. The first-order chi connectivity index (χ1) is 7.33. The van der Waals surface area contributed by atoms with Crippen molar-refractivity contribution in [2.75, 3.05) is 5.88 Å². The third kappa shape index (κ3) is 2.86. The number of nitro groups is 1. The summed E-state index contributed by atoms with van der Waals surface area (Å²) in [5, 5.41) is 10.2. The molecule has 0 aliphatic carbocycles. The van der Waals surface area contributed by atoms with Gasteiger partial charge in [-0.25, -0.2) is 8.42 Å². The second-order valence-electron chi connectivity index (χ2n) is 3.16. The third-order valence-electron chi connectivity index (χ3n) is 1.88. The maximum absolute atomic E-state index is 11.5. The molecule has 7 heteroatoms. The zero-order chi connectivity index (χ0) is 12.3. The van der Waals surface area contributed by atoms with Crippen LogP contribution in [0.5, 0.6) is 0 Å². The van der Waals surface area contributed by atoms with Crippen LogP contribution in [0.25, 0.3) is 0 Å². The molecule has 0 amide bonds. The number of sulfone groups is 1. The summed E-state index contributed by atoms with van der Waals surface area (Å²) in [5.41, 5.74) is 0.212. The van der Waals surface area contributed by atoms with Crippen molar-refractivity contribution in [3.63, 3.8) is 0 Å². The molecule has 0 fully saturated rings. The summed E-state index contributed by atoms with van der Waals surface area (Å²) in [6, 6.07) is 5.20. The van der Waals surface area contributed by atoms with Gasteiger partial charge < -0.3 is 0 Å². The van der Waals surface area contributed by atoms with Crippen LogP contribution in [0.2, 0.25) is 0 Å². The van der Waals surface area contributed by atoms with Gasteiger partial charge in [0.15, 0.2) is 5.78 Å². The van der Waals surface area contributed by atoms with E-state index in [1.165, 1.54) is 25.1 Å². The lowest BCUT2D eigenvalue weighted by atomic mass is 10.2. The predicted molar refractivity (Wildman–Crippen MR) is 55.5 cm³/mol. The van der Waals surface area contributed by atoms with Gasteiger partial charge in [0.1, 0.15) is 0 Å². The van der Waals surface area contributed by atoms with Crippen molar-refractivity contribution in [2.45, 2.75) is 11.8 Å². The van der Waals surface area contributed by atoms with Crippen LogP contribution in [0.15, 0.2) is 29.2 Å². The van der Waals surface area contributed by atoms with Gasteiger partial charge in [-0.05, 0) is 19.1 Å². The summed E-state index contributed by atoms with van der Waals surface area (Å²) in [7, 11) is -3.97. The zero-order valence-corrected chi connectivity index (χ0v) is 9.23. The number of Topliss-reactive ketones (excluding diaryl/α,β-unsaturated/α-hetero) is 1. The minimum Gasteiger partial charge on any atom is -0.295 e. The number of rotatable bonds is 4. The normalized spacial score (nSPS) is 11.1. The molecule has 1 aromatic carbocycles. The first-order valence-electron chi connectivity index (χ1n) is 4.28. The van der Waals surface area contributed by atoms with E-state index in [0.717, 1.165) is 6.07 Å². The maximum atomic E-state index is 11.5. The molecule has 0 bridgehead atoms. The lowest BCUT2D eigenvalue weighted by Gasteiger charge is -2.01. The molecule has 0 atom stereocenters. The molecule has 6 nitrogen and oxygen atoms in total. The largest absolute Gasteiger partial charge is 0.305 e. The van der Waals surface area contributed by atoms with E-state index in [4.69, 9.17) is 0 Å². The summed E-state index contributed by atoms with van der Waals surface area (Å²) >= 11 is 0. The molecule has 0 heterocycles. The number of carbonyl (C=O) groups excluding carboxylic acids is 1. The molecule has 0 aliphatic rings. The first-order valence-corrected chi connectivity index (χ1v) is 5.94. The van der Waals surface area contributed by atoms with E-state index in [1.54, 1.807) is 0 Å². The average Bonchev–Trinajstić information content (AvgIpc) is 2.16. The Morgan fingerprint density at radius 3 is 2.56 bits per heavy atom. The van der Waals surface area contributed by atoms with E-state index in [2.05, 4.69) is 0 Å². The fourth-order valence-corrected chi connectivity index (χ4v) is 2.14. The Hall–Kier alpha value is -1.76. The summed E-state index contributed by atoms with van der Waals surface area (Å²) in [4.78, 5) is 20.1. The number of benzene rings is 1. The Morgan fingerprint density at radius 1 is 1.44 bits per heavy atom. The summed E-state index contributed by atoms with van der Waals surface area (Å²) in [6.07, 6.45) is 0. The van der Waals surface area contributed by atoms with E-state index in [9.17, 15) is 23.3 Å². The van der Waals surface area contributed by atoms with E-state index in [0.29, 0.717) is 0 Å². The van der Waals surface area contributed by atoms with Crippen molar-refractivity contribution in [1.82, 2.24) is 0 Å². The molecule has 0 aliphatic heterocycles. The van der Waals surface area contributed by atoms with Crippen molar-refractivity contribution >= 4 is 15.6 Å². The van der Waals surface area contributed by atoms with Crippen LogP contribution in [-0.2, 0) is 9.84 Å². The van der Waals surface area contributed by atoms with E-state index >= 15 is 0 Å². The SMILES string of the molecule is CC(=O)c1cccc(S(=O)(=O)C[N+](=O)[O-])c1. The minimum atomic E-state index is -3.97. The highest BCUT2D eigenvalue weighted by molar-refractivity contribution is 7.91. The van der Waals surface area contributed by atoms with E-state index < -0.39 is 20.6 Å². The first kappa shape index (κ1) is 12.3. The fraction of sp³-hybridized carbons (Fsp3) is 0.222. The molecule has 0 spiro atoms. The van der Waals surface area contributed by atoms with Crippen molar-refractivity contribution in [3.8, 4) is 0 Å². The second-order valence-corrected chi connectivity index (χ2v) is 5.12. The van der Waals surface area contributed by atoms with E-state index in [1.807, 2.05) is 0 Å². The number of nitrogens with zero attached hydrogens (tertiary/aromatic N) is 1. The molecule has 16 heavy (non-hydrogen) atoms. The molecule has 0 aromatic heterocycles. The van der Waals surface area contributed by atoms with Crippen molar-refractivity contribution in [1.29, 1.82) is 0 Å². The van der Waals surface area contributed by atoms with Crippen LogP contribution in [-0.4, -0.2) is 25.0 Å². The van der Waals surface area contributed by atoms with Crippen molar-refractivity contribution in [2.24, 2.45) is 0 Å². The van der Waals surface area contributed by atoms with Crippen LogP contribution in [0.3, 0.4) is 0 Å². The molecule has 1 rings (SSSR count). The number of ketones is 1. The Balaban J connectivity index is 3.19. The van der Waals surface area contributed by atoms with Gasteiger partial charge in [0.2, 0.25) is 9.84 Å². The van der Waals surface area contributed by atoms with Gasteiger partial charge in [-0.1, -0.05) is 12.1 Å². The minimum absolute atomic E-state index is 0.211. The fourth-order valence-electron chi connectivity index (χ4n) is 1.12. The monoisotopic (exact) mass is 243 g/mol. The Kier molecular flexibility index (Phi) is 3.38. The van der Waals surface area contributed by atoms with Gasteiger partial charge in [0, 0.05) is 10.5 Å². The molecule has 0 saturated carbocycles. The van der Waals surface area contributed by atoms with Crippen LogP contribution >= 0.6 is 0 Å². The van der Waals surface area contributed by atoms with Gasteiger partial charge in [0.25, 0.3) is 0 Å². The average molecular weight is 243 g/mol. The topological polar surface area (TPSA) is 94.3 Å². The molecule has 0 saturated heterocycles. The second kappa shape index (κ2) is 4.40. The van der Waals surface area contributed by atoms with E-state index in [-0.39, 0.29) is 16.2 Å². The third-order valence-corrected chi connectivity index (χ3v) is 3.40. The summed E-state index contributed by atoms with van der Waals surface area (Å²) in [6.45, 7) is 1.29. The lowest BCUT2D eigenvalue weighted by molar-refractivity contribution is -0.458. The van der Waals surface area contributed by atoms with Gasteiger partial charge in [-0.15, -0.1) is 0 Å². The quantitative estimate of drug-likeness (QED) is 0.444. The van der Waals surface area contributed by atoms with Gasteiger partial charge in [0.05, 0.1) is 4.90 Å². The lowest BCUT2D eigenvalue weighted by Crippen LogP contribution is -2.14. The number of carbonyl (C=O) groups is 1. The maximum Gasteiger partial charge on any atom is 0.305 e. The van der Waals surface area contributed by atoms with Crippen LogP contribution < -0.4 is 0 Å². The smallest absolute Gasteiger partial charge is 0.295 e. The molecule has 0 radical (unpaired) electrons. The van der Waals surface area contributed by atoms with Crippen molar-refractivity contribution < 1.29 is 18.1 Å². The Labute approximate surface area is 92.0 Å². The predicted octanol–water partition coefficient (Wildman–Crippen LogP) is 0.897. The highest BCUT2D eigenvalue weighted by Gasteiger charge is 2.21. The Bertz CT molecular complexity index is 535. The highest BCUT2D eigenvalue weighted by atomic mass is 32.2. The molecule has 86 valence electrons. The highest BCUT2D eigenvalue weighted by Crippen LogP contribution is 2.13. The zero-order valence-electron chi connectivity index (χ0n) is 8.41. The summed E-state index contributed by atoms with van der Waals surface area (Å²) < 4.78 is 22.9. The summed E-state index contributed by atoms with van der Waals surface area (Å²) in [5.74, 6) is -1.47. The molecular formula is C9H9NO5S. The van der Waals surface area contributed by atoms with Crippen LogP contribution in [0.1, 0.15) is 17.3 Å². The standard InChI is InChI=1S/C9H9NO5S/c1-7(11)8-3-2-4-9(5-8)16(14,15)6-10(12)13/h2-5H,6H2,1H3.